The molecule has 2 aromatic heterocycles. The largest absolute Gasteiger partial charge is 0.378 e. The Hall–Kier alpha value is -4.69. The molecule has 0 spiro atoms. The predicted octanol–water partition coefficient (Wildman–Crippen LogP) is 4.19. The predicted molar refractivity (Wildman–Crippen MR) is 141 cm³/mol. The number of carbonyl (C=O) groups excluding carboxylic acids is 1. The topological polar surface area (TPSA) is 129 Å². The molecular weight excluding hydrogens is 487 g/mol. The second kappa shape index (κ2) is 10.4. The Morgan fingerprint density at radius 1 is 1.13 bits per heavy atom. The smallest absolute Gasteiger partial charge is 0.255 e. The van der Waals surface area contributed by atoms with Crippen LogP contribution in [0.15, 0.2) is 55.0 Å². The molecule has 2 N–H and O–H groups in total. The summed E-state index contributed by atoms with van der Waals surface area (Å²) in [6, 6.07) is 13.4. The average molecular weight is 513 g/mol. The molecule has 3 heterocycles. The second-order valence-corrected chi connectivity index (χ2v) is 9.32. The lowest BCUT2D eigenvalue weighted by Gasteiger charge is -2.26. The van der Waals surface area contributed by atoms with Crippen LogP contribution in [0.1, 0.15) is 29.8 Å². The van der Waals surface area contributed by atoms with Gasteiger partial charge in [-0.15, -0.1) is 0 Å². The number of rotatable bonds is 6. The molecule has 1 amide bonds. The van der Waals surface area contributed by atoms with Crippen LogP contribution in [0.25, 0.3) is 11.0 Å². The van der Waals surface area contributed by atoms with Crippen LogP contribution in [0.3, 0.4) is 0 Å². The van der Waals surface area contributed by atoms with E-state index < -0.39 is 17.1 Å². The number of nitrogens with zero attached hydrogens (tertiary/aromatic N) is 6. The zero-order valence-corrected chi connectivity index (χ0v) is 20.9. The van der Waals surface area contributed by atoms with Gasteiger partial charge in [0.25, 0.3) is 5.91 Å². The Bertz CT molecular complexity index is 1550. The van der Waals surface area contributed by atoms with Crippen molar-refractivity contribution >= 4 is 40.1 Å². The van der Waals surface area contributed by atoms with E-state index in [1.165, 1.54) is 24.5 Å². The van der Waals surface area contributed by atoms with Crippen LogP contribution in [0.5, 0.6) is 0 Å². The molecule has 192 valence electrons. The third-order valence-corrected chi connectivity index (χ3v) is 6.26. The number of nitrogens with one attached hydrogen (secondary N) is 2. The molecule has 2 aromatic carbocycles. The van der Waals surface area contributed by atoms with Crippen LogP contribution >= 0.6 is 0 Å². The van der Waals surface area contributed by atoms with E-state index in [0.717, 1.165) is 5.56 Å². The number of fused-ring (bicyclic) bond motifs is 1. The van der Waals surface area contributed by atoms with Crippen molar-refractivity contribution < 1.29 is 13.9 Å². The first kappa shape index (κ1) is 25.0. The molecule has 1 fully saturated rings. The highest BCUT2D eigenvalue weighted by Crippen LogP contribution is 2.27. The lowest BCUT2D eigenvalue weighted by atomic mass is 9.86. The van der Waals surface area contributed by atoms with Crippen LogP contribution in [0.2, 0.25) is 0 Å². The summed E-state index contributed by atoms with van der Waals surface area (Å²) in [7, 11) is 0. The zero-order chi connectivity index (χ0) is 26.7. The van der Waals surface area contributed by atoms with Crippen LogP contribution in [0.4, 0.5) is 27.5 Å². The minimum absolute atomic E-state index is 0.0588. The number of morpholine rings is 1. The van der Waals surface area contributed by atoms with Gasteiger partial charge in [0.1, 0.15) is 23.2 Å². The van der Waals surface area contributed by atoms with Crippen molar-refractivity contribution in [1.82, 2.24) is 19.9 Å². The van der Waals surface area contributed by atoms with Gasteiger partial charge in [-0.1, -0.05) is 12.1 Å². The van der Waals surface area contributed by atoms with Crippen molar-refractivity contribution in [3.8, 4) is 6.07 Å². The Kier molecular flexibility index (Phi) is 6.81. The monoisotopic (exact) mass is 512 g/mol. The van der Waals surface area contributed by atoms with E-state index in [1.54, 1.807) is 38.2 Å². The molecule has 0 radical (unpaired) electrons. The van der Waals surface area contributed by atoms with Gasteiger partial charge in [-0.3, -0.25) is 4.79 Å². The van der Waals surface area contributed by atoms with Crippen molar-refractivity contribution in [3.63, 3.8) is 0 Å². The first-order valence-electron chi connectivity index (χ1n) is 12.0. The molecule has 0 bridgehead atoms. The van der Waals surface area contributed by atoms with Gasteiger partial charge in [-0.05, 0) is 49.7 Å². The van der Waals surface area contributed by atoms with Gasteiger partial charge in [0.2, 0.25) is 5.95 Å². The fraction of sp³-hybridized carbons (Fsp3) is 0.259. The molecule has 1 aliphatic heterocycles. The van der Waals surface area contributed by atoms with Crippen LogP contribution in [0, 0.1) is 17.1 Å². The number of hydrogen-bond acceptors (Lipinski definition) is 9. The molecule has 1 saturated heterocycles. The summed E-state index contributed by atoms with van der Waals surface area (Å²) in [5.74, 6) is -0.193. The number of halogens is 1. The summed E-state index contributed by atoms with van der Waals surface area (Å²) in [6.07, 6.45) is 2.94. The Balaban J connectivity index is 1.40. The molecular formula is C27H25FN8O2. The molecule has 38 heavy (non-hydrogen) atoms. The van der Waals surface area contributed by atoms with Crippen LogP contribution < -0.4 is 15.5 Å². The number of nitriles is 1. The fourth-order valence-electron chi connectivity index (χ4n) is 4.00. The third-order valence-electron chi connectivity index (χ3n) is 6.26. The lowest BCUT2D eigenvalue weighted by molar-refractivity contribution is 0.102. The molecule has 0 atom stereocenters. The van der Waals surface area contributed by atoms with Gasteiger partial charge >= 0.3 is 0 Å². The van der Waals surface area contributed by atoms with Gasteiger partial charge in [0.05, 0.1) is 36.6 Å². The highest BCUT2D eigenvalue weighted by atomic mass is 19.1. The standard InChI is InChI=1S/C27H25FN8O2/c1-27(2,15-29)18-4-3-5-19(13-18)33-25(37)17-6-7-20(28)21(12-17)34-24-23-22(31-16-32-24)14-30-26(35-23)36-8-10-38-11-9-36/h3-7,12-14,16H,8-11H2,1-2H3,(H,33,37)(H,31,32,34). The number of benzene rings is 2. The van der Waals surface area contributed by atoms with Gasteiger partial charge in [-0.25, -0.2) is 24.3 Å². The quantitative estimate of drug-likeness (QED) is 0.391. The van der Waals surface area contributed by atoms with E-state index in [1.807, 2.05) is 11.0 Å². The second-order valence-electron chi connectivity index (χ2n) is 9.32. The van der Waals surface area contributed by atoms with E-state index in [4.69, 9.17) is 4.74 Å². The third kappa shape index (κ3) is 5.21. The van der Waals surface area contributed by atoms with Crippen molar-refractivity contribution in [2.45, 2.75) is 19.3 Å². The number of ether oxygens (including phenoxy) is 1. The average Bonchev–Trinajstić information content (AvgIpc) is 2.94. The Morgan fingerprint density at radius 2 is 1.95 bits per heavy atom. The van der Waals surface area contributed by atoms with E-state index >= 15 is 0 Å². The normalized spacial score (nSPS) is 13.7. The summed E-state index contributed by atoms with van der Waals surface area (Å²) in [5.41, 5.74) is 1.81. The van der Waals surface area contributed by atoms with Gasteiger partial charge < -0.3 is 20.3 Å². The number of hydrogen-bond donors (Lipinski definition) is 2. The SMILES string of the molecule is CC(C)(C#N)c1cccc(NC(=O)c2ccc(F)c(Nc3ncnc4cnc(N5CCOCC5)nc34)c2)c1. The summed E-state index contributed by atoms with van der Waals surface area (Å²) < 4.78 is 20.2. The van der Waals surface area contributed by atoms with Gasteiger partial charge in [0.15, 0.2) is 5.82 Å². The highest BCUT2D eigenvalue weighted by Gasteiger charge is 2.21. The summed E-state index contributed by atoms with van der Waals surface area (Å²) in [6.45, 7) is 6.08. The first-order chi connectivity index (χ1) is 18.3. The maximum Gasteiger partial charge on any atom is 0.255 e. The summed E-state index contributed by atoms with van der Waals surface area (Å²) in [4.78, 5) is 32.5. The molecule has 11 heteroatoms. The minimum atomic E-state index is -0.709. The van der Waals surface area contributed by atoms with Gasteiger partial charge in [0, 0.05) is 24.3 Å². The lowest BCUT2D eigenvalue weighted by Crippen LogP contribution is -2.37. The molecule has 0 unspecified atom stereocenters. The van der Waals surface area contributed by atoms with E-state index in [-0.39, 0.29) is 17.1 Å². The molecule has 4 aromatic rings. The molecule has 1 aliphatic rings. The van der Waals surface area contributed by atoms with E-state index in [2.05, 4.69) is 36.6 Å². The number of aromatic nitrogens is 4. The number of carbonyl (C=O) groups is 1. The van der Waals surface area contributed by atoms with Crippen molar-refractivity contribution in [3.05, 3.63) is 71.9 Å². The van der Waals surface area contributed by atoms with Crippen molar-refractivity contribution in [2.24, 2.45) is 0 Å². The number of amides is 1. The molecule has 10 nitrogen and oxygen atoms in total. The van der Waals surface area contributed by atoms with E-state index in [9.17, 15) is 14.4 Å². The Labute approximate surface area is 218 Å². The molecule has 0 saturated carbocycles. The zero-order valence-electron chi connectivity index (χ0n) is 20.9. The van der Waals surface area contributed by atoms with E-state index in [0.29, 0.717) is 49.0 Å². The maximum absolute atomic E-state index is 14.8. The van der Waals surface area contributed by atoms with Gasteiger partial charge in [-0.2, -0.15) is 5.26 Å². The molecule has 0 aliphatic carbocycles. The fourth-order valence-corrected chi connectivity index (χ4v) is 4.00. The number of anilines is 4. The highest BCUT2D eigenvalue weighted by molar-refractivity contribution is 6.05. The minimum Gasteiger partial charge on any atom is -0.378 e. The van der Waals surface area contributed by atoms with Crippen molar-refractivity contribution in [1.29, 1.82) is 5.26 Å². The van der Waals surface area contributed by atoms with Crippen molar-refractivity contribution in [2.75, 3.05) is 41.8 Å². The van der Waals surface area contributed by atoms with Crippen LogP contribution in [-0.2, 0) is 10.2 Å². The summed E-state index contributed by atoms with van der Waals surface area (Å²) >= 11 is 0. The Morgan fingerprint density at radius 3 is 2.74 bits per heavy atom. The van der Waals surface area contributed by atoms with Crippen LogP contribution in [-0.4, -0.2) is 52.1 Å². The summed E-state index contributed by atoms with van der Waals surface area (Å²) in [5, 5.41) is 15.2. The molecule has 5 rings (SSSR count). The first-order valence-corrected chi connectivity index (χ1v) is 12.0. The maximum atomic E-state index is 14.8.